The van der Waals surface area contributed by atoms with Gasteiger partial charge in [-0.05, 0) is 36.4 Å². The fourth-order valence-corrected chi connectivity index (χ4v) is 4.21. The summed E-state index contributed by atoms with van der Waals surface area (Å²) < 4.78 is 21.6. The molecule has 0 radical (unpaired) electrons. The summed E-state index contributed by atoms with van der Waals surface area (Å²) >= 11 is 12.2. The van der Waals surface area contributed by atoms with Crippen LogP contribution in [0.2, 0.25) is 10.0 Å². The van der Waals surface area contributed by atoms with Crippen LogP contribution in [0, 0.1) is 0 Å². The third-order valence-electron chi connectivity index (χ3n) is 5.46. The van der Waals surface area contributed by atoms with Crippen LogP contribution in [0.5, 0.6) is 17.2 Å². The number of carbonyl (C=O) groups is 2. The maximum atomic E-state index is 13.1. The molecule has 0 fully saturated rings. The molecule has 4 rings (SSSR count). The van der Waals surface area contributed by atoms with E-state index in [0.29, 0.717) is 39.4 Å². The Bertz CT molecular complexity index is 1450. The Morgan fingerprint density at radius 3 is 2.14 bits per heavy atom. The number of anilines is 1. The zero-order chi connectivity index (χ0) is 26.5. The highest BCUT2D eigenvalue weighted by molar-refractivity contribution is 6.39. The topological polar surface area (TPSA) is 96.0 Å². The molecule has 4 aromatic rings. The summed E-state index contributed by atoms with van der Waals surface area (Å²) in [5, 5.41) is 3.66. The van der Waals surface area contributed by atoms with Crippen molar-refractivity contribution in [3.8, 4) is 28.5 Å². The molecule has 1 amide bonds. The van der Waals surface area contributed by atoms with E-state index in [4.69, 9.17) is 47.1 Å². The number of ether oxygens (including phenoxy) is 4. The molecular weight excluding hydrogens is 519 g/mol. The zero-order valence-electron chi connectivity index (χ0n) is 20.1. The monoisotopic (exact) mass is 540 g/mol. The van der Waals surface area contributed by atoms with Gasteiger partial charge in [0.1, 0.15) is 0 Å². The molecule has 1 aromatic heterocycles. The van der Waals surface area contributed by atoms with Crippen LogP contribution < -0.4 is 19.5 Å². The molecule has 1 heterocycles. The van der Waals surface area contributed by atoms with Crippen molar-refractivity contribution in [1.82, 2.24) is 4.98 Å². The summed E-state index contributed by atoms with van der Waals surface area (Å²) in [6.07, 6.45) is 0. The van der Waals surface area contributed by atoms with E-state index in [1.807, 2.05) is 6.07 Å². The number of nitrogens with zero attached hydrogens (tertiary/aromatic N) is 1. The summed E-state index contributed by atoms with van der Waals surface area (Å²) in [4.78, 5) is 30.3. The third kappa shape index (κ3) is 5.55. The van der Waals surface area contributed by atoms with Gasteiger partial charge in [-0.2, -0.15) is 0 Å². The lowest BCUT2D eigenvalue weighted by molar-refractivity contribution is -0.119. The van der Waals surface area contributed by atoms with Crippen molar-refractivity contribution in [2.24, 2.45) is 0 Å². The smallest absolute Gasteiger partial charge is 0.339 e. The number of benzene rings is 3. The van der Waals surface area contributed by atoms with Crippen molar-refractivity contribution >= 4 is 51.7 Å². The summed E-state index contributed by atoms with van der Waals surface area (Å²) in [7, 11) is 4.54. The van der Waals surface area contributed by atoms with Crippen LogP contribution in [-0.2, 0) is 9.53 Å². The minimum absolute atomic E-state index is 0.234. The summed E-state index contributed by atoms with van der Waals surface area (Å²) in [5.74, 6) is 0.00902. The van der Waals surface area contributed by atoms with Gasteiger partial charge in [0.15, 0.2) is 18.1 Å². The second-order valence-corrected chi connectivity index (χ2v) is 8.52. The molecule has 0 atom stereocenters. The number of hydrogen-bond acceptors (Lipinski definition) is 7. The molecule has 10 heteroatoms. The largest absolute Gasteiger partial charge is 0.493 e. The van der Waals surface area contributed by atoms with Crippen molar-refractivity contribution < 1.29 is 28.5 Å². The van der Waals surface area contributed by atoms with Crippen molar-refractivity contribution in [3.63, 3.8) is 0 Å². The molecule has 0 aliphatic rings. The molecule has 0 spiro atoms. The summed E-state index contributed by atoms with van der Waals surface area (Å²) in [5.41, 5.74) is 2.13. The standard InChI is InChI=1S/C27H22Cl2N2O6/c1-34-22-11-15(12-23(35-2)26(22)36-3)21-13-17(16-7-4-5-10-20(16)30-21)27(33)37-14-24(32)31-25-18(28)8-6-9-19(25)29/h4-13H,14H2,1-3H3,(H,31,32). The van der Waals surface area contributed by atoms with E-state index < -0.39 is 18.5 Å². The highest BCUT2D eigenvalue weighted by Crippen LogP contribution is 2.41. The normalized spacial score (nSPS) is 10.6. The van der Waals surface area contributed by atoms with Gasteiger partial charge >= 0.3 is 5.97 Å². The molecule has 0 saturated heterocycles. The Kier molecular flexibility index (Phi) is 8.01. The van der Waals surface area contributed by atoms with Crippen LogP contribution >= 0.6 is 23.2 Å². The van der Waals surface area contributed by atoms with E-state index in [1.54, 1.807) is 54.6 Å². The van der Waals surface area contributed by atoms with Gasteiger partial charge in [-0.25, -0.2) is 9.78 Å². The fraction of sp³-hybridized carbons (Fsp3) is 0.148. The Hall–Kier alpha value is -4.01. The van der Waals surface area contributed by atoms with Gasteiger partial charge in [0.05, 0.1) is 53.8 Å². The molecule has 3 aromatic carbocycles. The highest BCUT2D eigenvalue weighted by atomic mass is 35.5. The second-order valence-electron chi connectivity index (χ2n) is 7.71. The Labute approximate surface area is 223 Å². The van der Waals surface area contributed by atoms with E-state index in [0.717, 1.165) is 0 Å². The number of carbonyl (C=O) groups excluding carboxylic acids is 2. The molecule has 8 nitrogen and oxygen atoms in total. The molecular formula is C27H22Cl2N2O6. The maximum Gasteiger partial charge on any atom is 0.339 e. The maximum absolute atomic E-state index is 13.1. The van der Waals surface area contributed by atoms with Crippen LogP contribution in [0.15, 0.2) is 60.7 Å². The number of esters is 1. The average Bonchev–Trinajstić information content (AvgIpc) is 2.92. The van der Waals surface area contributed by atoms with Crippen LogP contribution in [0.1, 0.15) is 10.4 Å². The van der Waals surface area contributed by atoms with Gasteiger partial charge in [0.25, 0.3) is 5.91 Å². The van der Waals surface area contributed by atoms with E-state index in [-0.39, 0.29) is 21.3 Å². The van der Waals surface area contributed by atoms with Crippen molar-refractivity contribution in [2.75, 3.05) is 33.3 Å². The predicted octanol–water partition coefficient (Wildman–Crippen LogP) is 6.03. The molecule has 190 valence electrons. The van der Waals surface area contributed by atoms with Crippen LogP contribution in [0.3, 0.4) is 0 Å². The van der Waals surface area contributed by atoms with Gasteiger partial charge in [-0.1, -0.05) is 47.5 Å². The van der Waals surface area contributed by atoms with E-state index in [1.165, 1.54) is 21.3 Å². The Balaban J connectivity index is 1.65. The number of aromatic nitrogens is 1. The number of halogens is 2. The summed E-state index contributed by atoms with van der Waals surface area (Å²) in [6, 6.07) is 17.0. The van der Waals surface area contributed by atoms with Gasteiger partial charge in [-0.15, -0.1) is 0 Å². The lowest BCUT2D eigenvalue weighted by Crippen LogP contribution is -2.21. The summed E-state index contributed by atoms with van der Waals surface area (Å²) in [6.45, 7) is -0.545. The fourth-order valence-electron chi connectivity index (χ4n) is 3.72. The first-order valence-corrected chi connectivity index (χ1v) is 11.7. The predicted molar refractivity (Wildman–Crippen MR) is 142 cm³/mol. The van der Waals surface area contributed by atoms with Gasteiger partial charge in [-0.3, -0.25) is 4.79 Å². The molecule has 37 heavy (non-hydrogen) atoms. The molecule has 0 saturated carbocycles. The van der Waals surface area contributed by atoms with Crippen molar-refractivity contribution in [2.45, 2.75) is 0 Å². The second kappa shape index (κ2) is 11.4. The molecule has 0 bridgehead atoms. The first kappa shape index (κ1) is 26.1. The number of nitrogens with one attached hydrogen (secondary N) is 1. The van der Waals surface area contributed by atoms with Crippen molar-refractivity contribution in [1.29, 1.82) is 0 Å². The number of pyridine rings is 1. The average molecular weight is 541 g/mol. The number of para-hydroxylation sites is 2. The van der Waals surface area contributed by atoms with Gasteiger partial charge in [0, 0.05) is 10.9 Å². The molecule has 0 aliphatic heterocycles. The molecule has 0 aliphatic carbocycles. The first-order valence-electron chi connectivity index (χ1n) is 11.0. The van der Waals surface area contributed by atoms with E-state index in [2.05, 4.69) is 5.32 Å². The van der Waals surface area contributed by atoms with Crippen molar-refractivity contribution in [3.05, 3.63) is 76.3 Å². The number of fused-ring (bicyclic) bond motifs is 1. The van der Waals surface area contributed by atoms with Crippen LogP contribution in [-0.4, -0.2) is 44.8 Å². The number of rotatable bonds is 8. The lowest BCUT2D eigenvalue weighted by atomic mass is 10.0. The van der Waals surface area contributed by atoms with E-state index in [9.17, 15) is 9.59 Å². The number of amides is 1. The van der Waals surface area contributed by atoms with Crippen LogP contribution in [0.25, 0.3) is 22.2 Å². The van der Waals surface area contributed by atoms with E-state index >= 15 is 0 Å². The quantitative estimate of drug-likeness (QED) is 0.272. The third-order valence-corrected chi connectivity index (χ3v) is 6.09. The molecule has 0 unspecified atom stereocenters. The number of methoxy groups -OCH3 is 3. The zero-order valence-corrected chi connectivity index (χ0v) is 21.6. The number of hydrogen-bond donors (Lipinski definition) is 1. The Morgan fingerprint density at radius 1 is 0.865 bits per heavy atom. The highest BCUT2D eigenvalue weighted by Gasteiger charge is 2.20. The lowest BCUT2D eigenvalue weighted by Gasteiger charge is -2.15. The van der Waals surface area contributed by atoms with Gasteiger partial charge < -0.3 is 24.3 Å². The Morgan fingerprint density at radius 2 is 1.51 bits per heavy atom. The molecule has 1 N–H and O–H groups in total. The minimum atomic E-state index is -0.701. The first-order chi connectivity index (χ1) is 17.9. The SMILES string of the molecule is COc1cc(-c2cc(C(=O)OCC(=O)Nc3c(Cl)cccc3Cl)c3ccccc3n2)cc(OC)c1OC. The van der Waals surface area contributed by atoms with Crippen LogP contribution in [0.4, 0.5) is 5.69 Å². The van der Waals surface area contributed by atoms with Gasteiger partial charge in [0.2, 0.25) is 5.75 Å². The minimum Gasteiger partial charge on any atom is -0.493 e.